The van der Waals surface area contributed by atoms with Crippen LogP contribution in [0.4, 0.5) is 0 Å². The van der Waals surface area contributed by atoms with Crippen LogP contribution >= 0.6 is 11.8 Å². The lowest BCUT2D eigenvalue weighted by Crippen LogP contribution is -2.38. The Morgan fingerprint density at radius 1 is 1.08 bits per heavy atom. The molecule has 0 saturated carbocycles. The Labute approximate surface area is 227 Å². The molecule has 0 aromatic heterocycles. The van der Waals surface area contributed by atoms with Crippen LogP contribution in [0.3, 0.4) is 0 Å². The predicted molar refractivity (Wildman–Crippen MR) is 149 cm³/mol. The maximum Gasteiger partial charge on any atom is 0.338 e. The number of aliphatic imine (C=N–C) groups is 1. The van der Waals surface area contributed by atoms with Crippen molar-refractivity contribution in [3.63, 3.8) is 0 Å². The number of para-hydroxylation sites is 1. The molecule has 8 nitrogen and oxygen atoms in total. The summed E-state index contributed by atoms with van der Waals surface area (Å²) in [5.41, 5.74) is 2.58. The van der Waals surface area contributed by atoms with Gasteiger partial charge < -0.3 is 24.4 Å². The van der Waals surface area contributed by atoms with Crippen LogP contribution in [0.1, 0.15) is 38.8 Å². The van der Waals surface area contributed by atoms with Crippen molar-refractivity contribution in [2.75, 3.05) is 26.9 Å². The summed E-state index contributed by atoms with van der Waals surface area (Å²) in [6, 6.07) is 16.6. The number of hydrogen-bond donors (Lipinski definition) is 1. The monoisotopic (exact) mass is 535 g/mol. The Balaban J connectivity index is 1.69. The minimum absolute atomic E-state index is 0.0813. The van der Waals surface area contributed by atoms with Crippen molar-refractivity contribution < 1.29 is 23.8 Å². The molecule has 9 heteroatoms. The van der Waals surface area contributed by atoms with Crippen LogP contribution < -0.4 is 10.1 Å². The molecule has 2 aliphatic rings. The third-order valence-electron chi connectivity index (χ3n) is 5.94. The van der Waals surface area contributed by atoms with Gasteiger partial charge in [0.05, 0.1) is 30.3 Å². The first-order valence-electron chi connectivity index (χ1n) is 12.6. The van der Waals surface area contributed by atoms with Crippen LogP contribution in [0.5, 0.6) is 11.5 Å². The molecule has 200 valence electrons. The van der Waals surface area contributed by atoms with Gasteiger partial charge in [-0.1, -0.05) is 55.9 Å². The van der Waals surface area contributed by atoms with Crippen molar-refractivity contribution in [2.24, 2.45) is 10.9 Å². The molecule has 0 radical (unpaired) electrons. The molecule has 38 heavy (non-hydrogen) atoms. The molecule has 0 spiro atoms. The number of benzene rings is 2. The van der Waals surface area contributed by atoms with E-state index in [9.17, 15) is 9.59 Å². The lowest BCUT2D eigenvalue weighted by atomic mass is 9.93. The Kier molecular flexibility index (Phi) is 9.25. The number of fused-ring (bicyclic) bond motifs is 1. The van der Waals surface area contributed by atoms with E-state index in [4.69, 9.17) is 19.2 Å². The zero-order chi connectivity index (χ0) is 27.1. The van der Waals surface area contributed by atoms with E-state index in [1.807, 2.05) is 71.8 Å². The van der Waals surface area contributed by atoms with Gasteiger partial charge in [0.1, 0.15) is 18.1 Å². The second-order valence-corrected chi connectivity index (χ2v) is 10.2. The zero-order valence-electron chi connectivity index (χ0n) is 22.1. The van der Waals surface area contributed by atoms with Gasteiger partial charge in [0.2, 0.25) is 5.91 Å². The minimum Gasteiger partial charge on any atom is -0.460 e. The normalized spacial score (nSPS) is 16.7. The number of nitrogens with one attached hydrogen (secondary N) is 1. The van der Waals surface area contributed by atoms with E-state index in [0.717, 1.165) is 11.3 Å². The van der Waals surface area contributed by atoms with Crippen molar-refractivity contribution in [3.8, 4) is 11.5 Å². The summed E-state index contributed by atoms with van der Waals surface area (Å²) < 4.78 is 16.7. The predicted octanol–water partition coefficient (Wildman–Crippen LogP) is 5.41. The van der Waals surface area contributed by atoms with E-state index >= 15 is 0 Å². The molecule has 2 aromatic carbocycles. The standard InChI is InChI=1S/C29H33N3O5S/c1-19(2)17-30-25(33)16-22-18-38-29-31-20(3)26(28(34)36-14-13-35-4)27(32(22)29)21-9-8-12-24(15-21)37-23-10-6-5-7-11-23/h5-12,15,18-19,27H,13-14,16-17H2,1-4H3,(H,30,33)/t27-/m0/s1. The third kappa shape index (κ3) is 6.65. The molecule has 0 fully saturated rings. The second kappa shape index (κ2) is 12.8. The van der Waals surface area contributed by atoms with Crippen LogP contribution in [-0.4, -0.2) is 48.8 Å². The molecule has 0 saturated heterocycles. The molecule has 0 unspecified atom stereocenters. The van der Waals surface area contributed by atoms with Crippen LogP contribution in [0.2, 0.25) is 0 Å². The van der Waals surface area contributed by atoms with Gasteiger partial charge in [-0.15, -0.1) is 0 Å². The quantitative estimate of drug-likeness (QED) is 0.304. The van der Waals surface area contributed by atoms with E-state index in [1.54, 1.807) is 7.11 Å². The van der Waals surface area contributed by atoms with Gasteiger partial charge >= 0.3 is 5.97 Å². The van der Waals surface area contributed by atoms with Gasteiger partial charge in [-0.2, -0.15) is 0 Å². The number of ether oxygens (including phenoxy) is 3. The molecule has 2 aliphatic heterocycles. The van der Waals surface area contributed by atoms with Crippen LogP contribution in [-0.2, 0) is 19.1 Å². The highest BCUT2D eigenvalue weighted by atomic mass is 32.2. The summed E-state index contributed by atoms with van der Waals surface area (Å²) in [4.78, 5) is 32.8. The minimum atomic E-state index is -0.545. The fraction of sp³-hybridized carbons (Fsp3) is 0.345. The van der Waals surface area contributed by atoms with Crippen molar-refractivity contribution in [1.29, 1.82) is 0 Å². The summed E-state index contributed by atoms with van der Waals surface area (Å²) in [7, 11) is 1.55. The number of nitrogens with zero attached hydrogens (tertiary/aromatic N) is 2. The summed E-state index contributed by atoms with van der Waals surface area (Å²) in [6.07, 6.45) is 0.167. The largest absolute Gasteiger partial charge is 0.460 e. The topological polar surface area (TPSA) is 89.5 Å². The molecule has 1 N–H and O–H groups in total. The lowest BCUT2D eigenvalue weighted by Gasteiger charge is -2.36. The highest BCUT2D eigenvalue weighted by Crippen LogP contribution is 2.45. The SMILES string of the molecule is COCCOC(=O)C1=C(C)N=C2SC=C(CC(=O)NCC(C)C)N2[C@H]1c1cccc(Oc2ccccc2)c1. The molecular weight excluding hydrogens is 502 g/mol. The number of allylic oxidation sites excluding steroid dienone is 1. The Hall–Kier alpha value is -3.56. The van der Waals surface area contributed by atoms with E-state index in [2.05, 4.69) is 19.2 Å². The van der Waals surface area contributed by atoms with Gasteiger partial charge in [0.25, 0.3) is 0 Å². The van der Waals surface area contributed by atoms with E-state index in [-0.39, 0.29) is 18.9 Å². The van der Waals surface area contributed by atoms with E-state index in [1.165, 1.54) is 11.8 Å². The highest BCUT2D eigenvalue weighted by Gasteiger charge is 2.41. The van der Waals surface area contributed by atoms with Crippen LogP contribution in [0, 0.1) is 5.92 Å². The number of carbonyl (C=O) groups is 2. The van der Waals surface area contributed by atoms with Gasteiger partial charge in [-0.3, -0.25) is 4.79 Å². The molecule has 4 rings (SSSR count). The molecule has 2 aromatic rings. The first kappa shape index (κ1) is 27.5. The number of hydrogen-bond acceptors (Lipinski definition) is 8. The Bertz CT molecular complexity index is 1260. The number of thioether (sulfide) groups is 1. The van der Waals surface area contributed by atoms with Crippen LogP contribution in [0.25, 0.3) is 0 Å². The van der Waals surface area contributed by atoms with Crippen molar-refractivity contribution in [1.82, 2.24) is 10.2 Å². The summed E-state index contributed by atoms with van der Waals surface area (Å²) in [6.45, 7) is 6.92. The van der Waals surface area contributed by atoms with Gasteiger partial charge in [-0.25, -0.2) is 9.79 Å². The number of methoxy groups -OCH3 is 1. The molecule has 1 amide bonds. The first-order valence-corrected chi connectivity index (χ1v) is 13.5. The molecule has 0 bridgehead atoms. The number of esters is 1. The van der Waals surface area contributed by atoms with Crippen molar-refractivity contribution >= 4 is 28.8 Å². The number of carbonyl (C=O) groups excluding carboxylic acids is 2. The van der Waals surface area contributed by atoms with Gasteiger partial charge in [0.15, 0.2) is 5.17 Å². The maximum atomic E-state index is 13.4. The van der Waals surface area contributed by atoms with E-state index < -0.39 is 12.0 Å². The number of amides is 1. The summed E-state index contributed by atoms with van der Waals surface area (Å²) in [5, 5.41) is 5.62. The maximum absolute atomic E-state index is 13.4. The molecule has 0 aliphatic carbocycles. The number of amidine groups is 1. The molecule has 2 heterocycles. The summed E-state index contributed by atoms with van der Waals surface area (Å²) in [5.74, 6) is 1.14. The number of rotatable bonds is 11. The first-order chi connectivity index (χ1) is 18.4. The van der Waals surface area contributed by atoms with Crippen LogP contribution in [0.15, 0.2) is 82.0 Å². The zero-order valence-corrected chi connectivity index (χ0v) is 22.9. The summed E-state index contributed by atoms with van der Waals surface area (Å²) >= 11 is 1.44. The fourth-order valence-corrected chi connectivity index (χ4v) is 5.12. The molecule has 1 atom stereocenters. The Morgan fingerprint density at radius 2 is 1.84 bits per heavy atom. The average molecular weight is 536 g/mol. The lowest BCUT2D eigenvalue weighted by molar-refractivity contribution is -0.141. The van der Waals surface area contributed by atoms with Crippen molar-refractivity contribution in [2.45, 2.75) is 33.2 Å². The Morgan fingerprint density at radius 3 is 2.58 bits per heavy atom. The molecular formula is C29H33N3O5S. The fourth-order valence-electron chi connectivity index (χ4n) is 4.16. The van der Waals surface area contributed by atoms with Gasteiger partial charge in [0, 0.05) is 19.4 Å². The van der Waals surface area contributed by atoms with E-state index in [0.29, 0.717) is 47.0 Å². The smallest absolute Gasteiger partial charge is 0.338 e. The second-order valence-electron chi connectivity index (χ2n) is 9.38. The average Bonchev–Trinajstić information content (AvgIpc) is 3.29. The van der Waals surface area contributed by atoms with Gasteiger partial charge in [-0.05, 0) is 48.1 Å². The third-order valence-corrected chi connectivity index (χ3v) is 6.83. The van der Waals surface area contributed by atoms with Crippen molar-refractivity contribution in [3.05, 3.63) is 82.5 Å². The highest BCUT2D eigenvalue weighted by molar-refractivity contribution is 8.16.